The number of Topliss-reactive ketones (excluding diaryl/α,β-unsaturated/α-hetero) is 1. The maximum atomic E-state index is 11.6. The number of rotatable bonds is 2. The Morgan fingerprint density at radius 3 is 2.67 bits per heavy atom. The third-order valence-electron chi connectivity index (χ3n) is 2.79. The number of amides is 1. The molecule has 1 aromatic rings. The zero-order valence-electron chi connectivity index (χ0n) is 8.67. The van der Waals surface area contributed by atoms with Crippen molar-refractivity contribution in [2.24, 2.45) is 0 Å². The van der Waals surface area contributed by atoms with Crippen LogP contribution in [-0.4, -0.2) is 18.7 Å². The molecule has 0 heterocycles. The highest BCUT2D eigenvalue weighted by Gasteiger charge is 2.17. The van der Waals surface area contributed by atoms with Gasteiger partial charge in [-0.1, -0.05) is 12.1 Å². The van der Waals surface area contributed by atoms with E-state index < -0.39 is 11.7 Å². The van der Waals surface area contributed by atoms with Crippen LogP contribution in [-0.2, 0) is 17.6 Å². The number of ketones is 1. The van der Waals surface area contributed by atoms with Crippen molar-refractivity contribution in [2.75, 3.05) is 7.05 Å². The van der Waals surface area contributed by atoms with Gasteiger partial charge in [-0.05, 0) is 36.5 Å². The lowest BCUT2D eigenvalue weighted by Gasteiger charge is -2.03. The lowest BCUT2D eigenvalue weighted by molar-refractivity contribution is -0.116. The molecule has 0 unspecified atom stereocenters. The van der Waals surface area contributed by atoms with E-state index in [0.717, 1.165) is 19.3 Å². The van der Waals surface area contributed by atoms with Crippen LogP contribution in [0, 0.1) is 0 Å². The lowest BCUT2D eigenvalue weighted by Crippen LogP contribution is -2.27. The first-order chi connectivity index (χ1) is 7.22. The highest BCUT2D eigenvalue weighted by atomic mass is 16.2. The van der Waals surface area contributed by atoms with Crippen LogP contribution in [0.5, 0.6) is 0 Å². The van der Waals surface area contributed by atoms with Crippen molar-refractivity contribution < 1.29 is 9.59 Å². The minimum Gasteiger partial charge on any atom is -0.352 e. The second-order valence-electron chi connectivity index (χ2n) is 3.75. The number of carbonyl (C=O) groups excluding carboxylic acids is 2. The smallest absolute Gasteiger partial charge is 0.292 e. The van der Waals surface area contributed by atoms with Crippen molar-refractivity contribution in [3.05, 3.63) is 34.9 Å². The summed E-state index contributed by atoms with van der Waals surface area (Å²) in [4.78, 5) is 22.7. The minimum atomic E-state index is -0.548. The van der Waals surface area contributed by atoms with Gasteiger partial charge in [0.05, 0.1) is 0 Å². The van der Waals surface area contributed by atoms with E-state index >= 15 is 0 Å². The Morgan fingerprint density at radius 2 is 1.93 bits per heavy atom. The second-order valence-corrected chi connectivity index (χ2v) is 3.75. The Labute approximate surface area is 88.5 Å². The minimum absolute atomic E-state index is 0.452. The average Bonchev–Trinajstić information content (AvgIpc) is 2.73. The molecular weight excluding hydrogens is 190 g/mol. The van der Waals surface area contributed by atoms with Crippen LogP contribution in [0.25, 0.3) is 0 Å². The second kappa shape index (κ2) is 3.85. The summed E-state index contributed by atoms with van der Waals surface area (Å²) in [6, 6.07) is 5.54. The first kappa shape index (κ1) is 9.90. The molecular formula is C12H13NO2. The highest BCUT2D eigenvalue weighted by Crippen LogP contribution is 2.22. The summed E-state index contributed by atoms with van der Waals surface area (Å²) in [6.45, 7) is 0. The Bertz CT molecular complexity index is 424. The zero-order chi connectivity index (χ0) is 10.8. The maximum Gasteiger partial charge on any atom is 0.292 e. The predicted octanol–water partition coefficient (Wildman–Crippen LogP) is 1.10. The molecule has 3 nitrogen and oxygen atoms in total. The van der Waals surface area contributed by atoms with Crippen LogP contribution in [0.3, 0.4) is 0 Å². The van der Waals surface area contributed by atoms with Crippen LogP contribution in [0.1, 0.15) is 27.9 Å². The fraction of sp³-hybridized carbons (Fsp3) is 0.333. The molecule has 0 saturated carbocycles. The number of benzene rings is 1. The van der Waals surface area contributed by atoms with Gasteiger partial charge in [0.15, 0.2) is 0 Å². The number of likely N-dealkylation sites (N-methyl/N-ethyl adjacent to an activating group) is 1. The molecule has 0 saturated heterocycles. The Hall–Kier alpha value is -1.64. The van der Waals surface area contributed by atoms with Gasteiger partial charge in [0.1, 0.15) is 0 Å². The summed E-state index contributed by atoms with van der Waals surface area (Å²) in [5, 5.41) is 2.34. The molecule has 78 valence electrons. The van der Waals surface area contributed by atoms with Crippen LogP contribution < -0.4 is 5.32 Å². The van der Waals surface area contributed by atoms with E-state index in [4.69, 9.17) is 0 Å². The number of nitrogens with one attached hydrogen (secondary N) is 1. The summed E-state index contributed by atoms with van der Waals surface area (Å²) < 4.78 is 0. The highest BCUT2D eigenvalue weighted by molar-refractivity contribution is 6.42. The molecule has 0 radical (unpaired) electrons. The van der Waals surface area contributed by atoms with Gasteiger partial charge < -0.3 is 5.32 Å². The van der Waals surface area contributed by atoms with Gasteiger partial charge in [-0.2, -0.15) is 0 Å². The fourth-order valence-corrected chi connectivity index (χ4v) is 1.96. The van der Waals surface area contributed by atoms with Gasteiger partial charge in [0.25, 0.3) is 5.91 Å². The number of hydrogen-bond donors (Lipinski definition) is 1. The lowest BCUT2D eigenvalue weighted by atomic mass is 10.0. The van der Waals surface area contributed by atoms with E-state index in [1.165, 1.54) is 18.2 Å². The monoisotopic (exact) mass is 203 g/mol. The van der Waals surface area contributed by atoms with Crippen LogP contribution in [0.2, 0.25) is 0 Å². The molecule has 0 fully saturated rings. The van der Waals surface area contributed by atoms with E-state index in [1.54, 1.807) is 6.07 Å². The first-order valence-corrected chi connectivity index (χ1v) is 5.10. The molecule has 0 atom stereocenters. The molecule has 15 heavy (non-hydrogen) atoms. The average molecular weight is 203 g/mol. The zero-order valence-corrected chi connectivity index (χ0v) is 8.67. The van der Waals surface area contributed by atoms with Crippen LogP contribution in [0.4, 0.5) is 0 Å². The molecule has 1 N–H and O–H groups in total. The standard InChI is InChI=1S/C12H13NO2/c1-13-12(15)11(14)10-6-5-8-3-2-4-9(8)7-10/h5-7H,2-4H2,1H3,(H,13,15). The number of fused-ring (bicyclic) bond motifs is 1. The Kier molecular flexibility index (Phi) is 2.54. The summed E-state index contributed by atoms with van der Waals surface area (Å²) >= 11 is 0. The van der Waals surface area contributed by atoms with E-state index in [0.29, 0.717) is 5.56 Å². The van der Waals surface area contributed by atoms with Crippen LogP contribution in [0.15, 0.2) is 18.2 Å². The van der Waals surface area contributed by atoms with Gasteiger partial charge in [-0.25, -0.2) is 0 Å². The molecule has 0 aromatic heterocycles. The third-order valence-corrected chi connectivity index (χ3v) is 2.79. The molecule has 2 rings (SSSR count). The molecule has 1 amide bonds. The number of aryl methyl sites for hydroxylation is 2. The molecule has 0 spiro atoms. The van der Waals surface area contributed by atoms with E-state index in [9.17, 15) is 9.59 Å². The number of carbonyl (C=O) groups is 2. The van der Waals surface area contributed by atoms with Crippen molar-refractivity contribution >= 4 is 11.7 Å². The maximum absolute atomic E-state index is 11.6. The van der Waals surface area contributed by atoms with Crippen LogP contribution >= 0.6 is 0 Å². The summed E-state index contributed by atoms with van der Waals surface area (Å²) in [5.41, 5.74) is 3.02. The molecule has 1 aliphatic rings. The first-order valence-electron chi connectivity index (χ1n) is 5.10. The van der Waals surface area contributed by atoms with Crippen molar-refractivity contribution in [3.8, 4) is 0 Å². The summed E-state index contributed by atoms with van der Waals surface area (Å²) in [6.07, 6.45) is 3.25. The predicted molar refractivity (Wildman–Crippen MR) is 56.9 cm³/mol. The van der Waals surface area contributed by atoms with Crippen molar-refractivity contribution in [3.63, 3.8) is 0 Å². The normalized spacial score (nSPS) is 13.4. The third kappa shape index (κ3) is 1.77. The fourth-order valence-electron chi connectivity index (χ4n) is 1.96. The van der Waals surface area contributed by atoms with Crippen molar-refractivity contribution in [1.82, 2.24) is 5.32 Å². The van der Waals surface area contributed by atoms with Gasteiger partial charge in [-0.15, -0.1) is 0 Å². The Balaban J connectivity index is 2.30. The van der Waals surface area contributed by atoms with E-state index in [-0.39, 0.29) is 0 Å². The molecule has 1 aliphatic carbocycles. The molecule has 0 aliphatic heterocycles. The van der Waals surface area contributed by atoms with Gasteiger partial charge >= 0.3 is 0 Å². The molecule has 1 aromatic carbocycles. The van der Waals surface area contributed by atoms with Crippen molar-refractivity contribution in [2.45, 2.75) is 19.3 Å². The topological polar surface area (TPSA) is 46.2 Å². The quantitative estimate of drug-likeness (QED) is 0.578. The SMILES string of the molecule is CNC(=O)C(=O)c1ccc2c(c1)CCC2. The largest absolute Gasteiger partial charge is 0.352 e. The molecule has 3 heteroatoms. The Morgan fingerprint density at radius 1 is 1.20 bits per heavy atom. The van der Waals surface area contributed by atoms with Gasteiger partial charge in [0, 0.05) is 12.6 Å². The van der Waals surface area contributed by atoms with Gasteiger partial charge in [-0.3, -0.25) is 9.59 Å². The van der Waals surface area contributed by atoms with Gasteiger partial charge in [0.2, 0.25) is 5.78 Å². The summed E-state index contributed by atoms with van der Waals surface area (Å²) in [7, 11) is 1.47. The van der Waals surface area contributed by atoms with Crippen molar-refractivity contribution in [1.29, 1.82) is 0 Å². The number of hydrogen-bond acceptors (Lipinski definition) is 2. The van der Waals surface area contributed by atoms with E-state index in [2.05, 4.69) is 5.32 Å². The summed E-state index contributed by atoms with van der Waals surface area (Å²) in [5.74, 6) is -1.000. The van der Waals surface area contributed by atoms with E-state index in [1.807, 2.05) is 12.1 Å². The molecule has 0 bridgehead atoms.